The lowest BCUT2D eigenvalue weighted by molar-refractivity contribution is -0.124. The minimum atomic E-state index is -0.780. The lowest BCUT2D eigenvalue weighted by Gasteiger charge is -2.43. The molecule has 27 heteroatoms. The summed E-state index contributed by atoms with van der Waals surface area (Å²) in [6, 6.07) is 53.3. The van der Waals surface area contributed by atoms with Gasteiger partial charge in [0.2, 0.25) is 0 Å². The number of imidazole rings is 1. The number of amidine groups is 1. The topological polar surface area (TPSA) is 206 Å². The summed E-state index contributed by atoms with van der Waals surface area (Å²) in [4.78, 5) is 104. The number of carbonyl (C=O) groups is 5. The van der Waals surface area contributed by atoms with E-state index in [-0.39, 0.29) is 36.0 Å². The van der Waals surface area contributed by atoms with E-state index in [1.165, 1.54) is 27.7 Å². The molecule has 0 unspecified atom stereocenters. The standard InChI is InChI=1S/C26H27N5OS.C24H21FN4OS.C24H23N3O2S.C23H21N5OS/c1-18-17-21(11-12-22(18)27-2)30-24(32)26(13-4-14-26)31(25(30)33)20-9-7-19(8-10-20)5-3-6-23-28-15-16-29-23;1-16-14-18(9-10-21(16)27-2)28-22(30)24(11-5-12-24)29(23(28)31)19-8-7-17(20(25)15-19)6-3-4-13-26;1-17-16-20(11-12-21(17)25-2)26-22(29)24(13-5-14-24)27(23(26)30)19-9-7-18(8-10-19)6-3-4-15-28;1-16-14-19(10-11-20(16)24-2)28-22(29)15-27(23(28)30)18-8-6-17(7-9-18)4-3-5-21-25-12-13-26-21/h7-12,17H,3-6,13-16H2,1H3,(H,28,29);7-10,14-15H,3-6,11-12H2,1H3;7-12,15-16H,3-6,13-14H2,1H3;6-14H,3-5,15H2,1H3,(H,25,26). The molecule has 124 heavy (non-hydrogen) atoms. The number of carbonyl (C=O) groups excluding carboxylic acids is 5. The quantitative estimate of drug-likeness (QED) is 0.0264. The van der Waals surface area contributed by atoms with Crippen molar-refractivity contribution in [3.05, 3.63) is 278 Å². The summed E-state index contributed by atoms with van der Waals surface area (Å²) < 4.78 is 14.8. The van der Waals surface area contributed by atoms with Crippen LogP contribution in [0.3, 0.4) is 0 Å². The van der Waals surface area contributed by atoms with Crippen molar-refractivity contribution >= 4 is 173 Å². The Balaban J connectivity index is 0.000000135. The number of rotatable bonds is 23. The van der Waals surface area contributed by atoms with Crippen molar-refractivity contribution in [3.8, 4) is 6.07 Å². The number of hydrogen-bond acceptors (Lipinski definition) is 13. The molecule has 3 aliphatic carbocycles. The number of nitrogens with zero attached hydrogens (tertiary/aromatic N) is 15. The number of aliphatic imine (C=N–C) groups is 1. The van der Waals surface area contributed by atoms with Gasteiger partial charge in [-0.15, -0.1) is 0 Å². The number of aromatic nitrogens is 2. The van der Waals surface area contributed by atoms with Gasteiger partial charge in [0.25, 0.3) is 23.6 Å². The monoisotopic (exact) mass is 1720 g/mol. The maximum Gasteiger partial charge on any atom is 0.259 e. The Kier molecular flexibility index (Phi) is 26.8. The van der Waals surface area contributed by atoms with Gasteiger partial charge >= 0.3 is 0 Å². The molecule has 626 valence electrons. The van der Waals surface area contributed by atoms with E-state index in [2.05, 4.69) is 99.2 Å². The summed E-state index contributed by atoms with van der Waals surface area (Å²) in [5.74, 6) is 1.67. The predicted octanol–water partition coefficient (Wildman–Crippen LogP) is 20.2. The van der Waals surface area contributed by atoms with Crippen LogP contribution in [0.5, 0.6) is 0 Å². The van der Waals surface area contributed by atoms with Crippen molar-refractivity contribution < 1.29 is 28.4 Å². The van der Waals surface area contributed by atoms with Crippen LogP contribution in [-0.2, 0) is 56.1 Å². The Labute approximate surface area is 744 Å². The van der Waals surface area contributed by atoms with Gasteiger partial charge in [-0.05, 0) is 327 Å². The fraction of sp³-hybridized carbons (Fsp3) is 0.320. The highest BCUT2D eigenvalue weighted by Gasteiger charge is 2.62. The zero-order valence-corrected chi connectivity index (χ0v) is 72.8. The number of amides is 4. The van der Waals surface area contributed by atoms with Gasteiger partial charge < -0.3 is 34.7 Å². The molecule has 4 amide bonds. The second-order valence-electron chi connectivity index (χ2n) is 32.2. The summed E-state index contributed by atoms with van der Waals surface area (Å²) in [6.45, 7) is 38.5. The average molecular weight is 1720 g/mol. The summed E-state index contributed by atoms with van der Waals surface area (Å²) >= 11 is 23.0. The maximum atomic E-state index is 14.8. The first-order chi connectivity index (χ1) is 60.0. The zero-order valence-electron chi connectivity index (χ0n) is 69.6. The van der Waals surface area contributed by atoms with Gasteiger partial charge in [-0.1, -0.05) is 66.7 Å². The molecule has 2 N–H and O–H groups in total. The lowest BCUT2D eigenvalue weighted by Crippen LogP contribution is -2.55. The van der Waals surface area contributed by atoms with Crippen LogP contribution >= 0.6 is 48.9 Å². The molecule has 6 heterocycles. The number of aldehydes is 1. The second-order valence-corrected chi connectivity index (χ2v) is 33.7. The van der Waals surface area contributed by atoms with Crippen LogP contribution in [0.1, 0.15) is 153 Å². The number of hydrogen-bond donors (Lipinski definition) is 2. The SMILES string of the molecule is [C-]#[N+]c1ccc(N2C(=O)C3(CCC3)N(c3ccc(CCCC#N)c(F)c3)C2=S)cc1C.[C-]#[N+]c1ccc(N2C(=O)C3(CCC3)N(c3ccc(CCCC4=NCCN4)cc3)C2=S)cc1C.[C-]#[N+]c1ccc(N2C(=O)C3(CCC3)N(c3ccc(CCCC=O)cc3)C2=S)cc1C.[C-]#[N+]c1ccc(N2C(=O)CN(c3ccc(CCCc4ncc[nH]4)cc3)C2=S)cc1C. The third kappa shape index (κ3) is 17.4. The number of aromatic amines is 1. The molecule has 7 fully saturated rings. The van der Waals surface area contributed by atoms with Crippen molar-refractivity contribution in [1.29, 1.82) is 5.26 Å². The Morgan fingerprint density at radius 2 is 0.871 bits per heavy atom. The Bertz CT molecular complexity index is 5950. The second kappa shape index (κ2) is 38.1. The van der Waals surface area contributed by atoms with E-state index in [9.17, 15) is 28.4 Å². The first-order valence-electron chi connectivity index (χ1n) is 41.8. The molecule has 3 spiro atoms. The summed E-state index contributed by atoms with van der Waals surface area (Å²) in [5.41, 5.74) is 14.0. The van der Waals surface area contributed by atoms with Gasteiger partial charge in [0.15, 0.2) is 43.2 Å². The van der Waals surface area contributed by atoms with E-state index in [1.54, 1.807) is 86.5 Å². The van der Waals surface area contributed by atoms with Crippen molar-refractivity contribution in [2.45, 2.75) is 179 Å². The van der Waals surface area contributed by atoms with Gasteiger partial charge in [0.1, 0.15) is 41.1 Å². The van der Waals surface area contributed by atoms with E-state index in [0.29, 0.717) is 110 Å². The fourth-order valence-electron chi connectivity index (χ4n) is 17.3. The lowest BCUT2D eigenvalue weighted by atomic mass is 9.75. The molecule has 22 nitrogen and oxygen atoms in total. The fourth-order valence-corrected chi connectivity index (χ4v) is 19.0. The number of nitrogens with one attached hydrogen (secondary N) is 2. The third-order valence-corrected chi connectivity index (χ3v) is 26.0. The predicted molar refractivity (Wildman–Crippen MR) is 502 cm³/mol. The highest BCUT2D eigenvalue weighted by Crippen LogP contribution is 2.52. The maximum absolute atomic E-state index is 14.8. The molecular weight excluding hydrogens is 1630 g/mol. The molecule has 17 rings (SSSR count). The molecule has 0 bridgehead atoms. The van der Waals surface area contributed by atoms with Crippen molar-refractivity contribution in [2.24, 2.45) is 4.99 Å². The van der Waals surface area contributed by atoms with Gasteiger partial charge in [-0.25, -0.2) is 28.8 Å². The van der Waals surface area contributed by atoms with Crippen molar-refractivity contribution in [1.82, 2.24) is 15.3 Å². The highest BCUT2D eigenvalue weighted by atomic mass is 32.1. The van der Waals surface area contributed by atoms with Crippen LogP contribution in [0.15, 0.2) is 181 Å². The number of halogens is 1. The van der Waals surface area contributed by atoms with E-state index in [1.807, 2.05) is 92.2 Å². The van der Waals surface area contributed by atoms with Gasteiger partial charge in [0.05, 0.1) is 44.7 Å². The number of unbranched alkanes of at least 4 members (excludes halogenated alkanes) is 2. The molecule has 5 aliphatic heterocycles. The normalized spacial score (nSPS) is 16.7. The van der Waals surface area contributed by atoms with Gasteiger partial charge in [-0.3, -0.25) is 43.8 Å². The molecule has 8 aromatic carbocycles. The first kappa shape index (κ1) is 87.3. The molecular formula is C97H92FN17O5S4. The van der Waals surface area contributed by atoms with Gasteiger partial charge in [-0.2, -0.15) is 5.26 Å². The number of aryl methyl sites for hydroxylation is 9. The number of H-pyrrole nitrogens is 1. The first-order valence-corrected chi connectivity index (χ1v) is 43.4. The Morgan fingerprint density at radius 1 is 0.476 bits per heavy atom. The average Bonchev–Trinajstić information content (AvgIpc) is 1.57. The molecule has 1 aromatic heterocycles. The largest absolute Gasteiger partial charge is 0.372 e. The summed E-state index contributed by atoms with van der Waals surface area (Å²) in [6.07, 6.45) is 21.6. The third-order valence-electron chi connectivity index (χ3n) is 24.5. The number of anilines is 8. The van der Waals surface area contributed by atoms with E-state index in [4.69, 9.17) is 80.4 Å². The Hall–Kier alpha value is -13.1. The van der Waals surface area contributed by atoms with Crippen LogP contribution < -0.4 is 44.5 Å². The van der Waals surface area contributed by atoms with E-state index in [0.717, 1.165) is 172 Å². The minimum Gasteiger partial charge on any atom is -0.372 e. The molecule has 9 aromatic rings. The van der Waals surface area contributed by atoms with Gasteiger partial charge in [0, 0.05) is 90.1 Å². The number of thiocarbonyl (C=S) groups is 4. The molecule has 3 saturated carbocycles. The summed E-state index contributed by atoms with van der Waals surface area (Å²) in [7, 11) is 0. The van der Waals surface area contributed by atoms with E-state index < -0.39 is 16.6 Å². The minimum absolute atomic E-state index is 0.0174. The van der Waals surface area contributed by atoms with Crippen LogP contribution in [-0.4, -0.2) is 102 Å². The van der Waals surface area contributed by atoms with E-state index >= 15 is 0 Å². The zero-order chi connectivity index (χ0) is 87.6. The van der Waals surface area contributed by atoms with Crippen LogP contribution in [0.2, 0.25) is 0 Å². The number of benzene rings is 8. The van der Waals surface area contributed by atoms with Crippen LogP contribution in [0.4, 0.5) is 72.6 Å². The molecule has 0 atom stereocenters. The van der Waals surface area contributed by atoms with Crippen molar-refractivity contribution in [2.75, 3.05) is 58.8 Å². The number of nitriles is 1. The van der Waals surface area contributed by atoms with Crippen LogP contribution in [0.25, 0.3) is 19.4 Å². The molecule has 8 aliphatic rings. The van der Waals surface area contributed by atoms with Crippen LogP contribution in [0, 0.1) is 71.1 Å². The van der Waals surface area contributed by atoms with Crippen molar-refractivity contribution in [3.63, 3.8) is 0 Å². The smallest absolute Gasteiger partial charge is 0.259 e. The highest BCUT2D eigenvalue weighted by molar-refractivity contribution is 7.81. The Morgan fingerprint density at radius 3 is 1.23 bits per heavy atom. The summed E-state index contributed by atoms with van der Waals surface area (Å²) in [5, 5.41) is 13.8. The molecule has 0 radical (unpaired) electrons. The molecule has 4 saturated heterocycles.